The summed E-state index contributed by atoms with van der Waals surface area (Å²) < 4.78 is 28.5. The lowest BCUT2D eigenvalue weighted by molar-refractivity contribution is -0.113. The minimum absolute atomic E-state index is 0.221. The van der Waals surface area contributed by atoms with Gasteiger partial charge in [0.05, 0.1) is 12.9 Å². The summed E-state index contributed by atoms with van der Waals surface area (Å²) in [5, 5.41) is 2.82. The number of nitrogens with one attached hydrogen (secondary N) is 1. The summed E-state index contributed by atoms with van der Waals surface area (Å²) in [6, 6.07) is 7.62. The molecule has 8 heteroatoms. The second-order valence-electron chi connectivity index (χ2n) is 5.99. The SMILES string of the molecule is C=CCS(=O)(=O)CC(=O)Nc1sc(C)c(-c2ccc(C)cc2)c1C(=O)OC. The third-order valence-electron chi connectivity index (χ3n) is 3.79. The van der Waals surface area contributed by atoms with E-state index in [1.165, 1.54) is 24.5 Å². The number of hydrogen-bond acceptors (Lipinski definition) is 6. The van der Waals surface area contributed by atoms with E-state index in [1.807, 2.05) is 38.1 Å². The Morgan fingerprint density at radius 2 is 1.85 bits per heavy atom. The van der Waals surface area contributed by atoms with Crippen LogP contribution in [-0.2, 0) is 19.4 Å². The molecule has 27 heavy (non-hydrogen) atoms. The van der Waals surface area contributed by atoms with Crippen molar-refractivity contribution in [3.63, 3.8) is 0 Å². The second-order valence-corrected chi connectivity index (χ2v) is 9.32. The fourth-order valence-electron chi connectivity index (χ4n) is 2.60. The summed E-state index contributed by atoms with van der Waals surface area (Å²) >= 11 is 1.20. The first-order chi connectivity index (χ1) is 12.7. The number of methoxy groups -OCH3 is 1. The summed E-state index contributed by atoms with van der Waals surface area (Å²) in [4.78, 5) is 25.4. The van der Waals surface area contributed by atoms with E-state index in [1.54, 1.807) is 0 Å². The molecule has 0 bridgehead atoms. The van der Waals surface area contributed by atoms with Crippen molar-refractivity contribution in [1.29, 1.82) is 0 Å². The molecule has 2 aromatic rings. The van der Waals surface area contributed by atoms with Gasteiger partial charge in [0.15, 0.2) is 9.84 Å². The Balaban J connectivity index is 2.44. The van der Waals surface area contributed by atoms with Crippen LogP contribution < -0.4 is 5.32 Å². The first-order valence-corrected chi connectivity index (χ1v) is 10.7. The van der Waals surface area contributed by atoms with Crippen LogP contribution in [-0.4, -0.2) is 38.9 Å². The lowest BCUT2D eigenvalue weighted by Gasteiger charge is -2.08. The molecular weight excluding hydrogens is 386 g/mol. The van der Waals surface area contributed by atoms with Crippen LogP contribution in [0.15, 0.2) is 36.9 Å². The molecule has 0 spiro atoms. The van der Waals surface area contributed by atoms with E-state index in [2.05, 4.69) is 11.9 Å². The second kappa shape index (κ2) is 8.49. The first kappa shape index (κ1) is 20.9. The number of sulfone groups is 1. The highest BCUT2D eigenvalue weighted by Gasteiger charge is 2.26. The first-order valence-electron chi connectivity index (χ1n) is 8.08. The number of ether oxygens (including phenoxy) is 1. The molecule has 2 rings (SSSR count). The van der Waals surface area contributed by atoms with E-state index >= 15 is 0 Å². The molecular formula is C19H21NO5S2. The van der Waals surface area contributed by atoms with Crippen molar-refractivity contribution < 1.29 is 22.7 Å². The molecule has 6 nitrogen and oxygen atoms in total. The number of hydrogen-bond donors (Lipinski definition) is 1. The highest BCUT2D eigenvalue weighted by Crippen LogP contribution is 2.40. The van der Waals surface area contributed by atoms with Crippen LogP contribution in [0.1, 0.15) is 20.8 Å². The van der Waals surface area contributed by atoms with E-state index in [4.69, 9.17) is 4.74 Å². The van der Waals surface area contributed by atoms with E-state index in [-0.39, 0.29) is 16.3 Å². The van der Waals surface area contributed by atoms with Gasteiger partial charge < -0.3 is 10.1 Å². The monoisotopic (exact) mass is 407 g/mol. The van der Waals surface area contributed by atoms with Gasteiger partial charge in [-0.3, -0.25) is 4.79 Å². The van der Waals surface area contributed by atoms with Crippen LogP contribution >= 0.6 is 11.3 Å². The van der Waals surface area contributed by atoms with Gasteiger partial charge in [-0.2, -0.15) is 0 Å². The van der Waals surface area contributed by atoms with Gasteiger partial charge in [0, 0.05) is 10.4 Å². The van der Waals surface area contributed by atoms with E-state index in [0.717, 1.165) is 16.0 Å². The van der Waals surface area contributed by atoms with E-state index in [9.17, 15) is 18.0 Å². The van der Waals surface area contributed by atoms with Crippen LogP contribution in [0.4, 0.5) is 5.00 Å². The minimum Gasteiger partial charge on any atom is -0.465 e. The molecule has 1 amide bonds. The minimum atomic E-state index is -3.59. The van der Waals surface area contributed by atoms with Crippen molar-refractivity contribution in [3.8, 4) is 11.1 Å². The Morgan fingerprint density at radius 3 is 2.41 bits per heavy atom. The molecule has 0 saturated heterocycles. The summed E-state index contributed by atoms with van der Waals surface area (Å²) in [5.74, 6) is -2.28. The number of carbonyl (C=O) groups is 2. The molecule has 0 radical (unpaired) electrons. The standard InChI is InChI=1S/C19H21NO5S2/c1-5-10-27(23,24)11-15(21)20-18-17(19(22)25-4)16(13(3)26-18)14-8-6-12(2)7-9-14/h5-9H,1,10-11H2,2-4H3,(H,20,21). The number of carbonyl (C=O) groups excluding carboxylic acids is 2. The normalized spacial score (nSPS) is 11.1. The van der Waals surface area contributed by atoms with Crippen molar-refractivity contribution >= 4 is 38.1 Å². The number of anilines is 1. The third kappa shape index (κ3) is 5.05. The number of esters is 1. The van der Waals surface area contributed by atoms with Gasteiger partial charge in [-0.05, 0) is 19.4 Å². The van der Waals surface area contributed by atoms with Gasteiger partial charge >= 0.3 is 5.97 Å². The molecule has 1 aromatic heterocycles. The zero-order valence-corrected chi connectivity index (χ0v) is 17.0. The molecule has 0 fully saturated rings. The maximum absolute atomic E-state index is 12.4. The Labute approximate surface area is 162 Å². The Morgan fingerprint density at radius 1 is 1.22 bits per heavy atom. The summed E-state index contributed by atoms with van der Waals surface area (Å²) in [6.07, 6.45) is 1.23. The van der Waals surface area contributed by atoms with Gasteiger partial charge in [-0.1, -0.05) is 35.9 Å². The quantitative estimate of drug-likeness (QED) is 0.561. The zero-order valence-electron chi connectivity index (χ0n) is 15.4. The van der Waals surface area contributed by atoms with Crippen molar-refractivity contribution in [2.24, 2.45) is 0 Å². The molecule has 0 atom stereocenters. The highest BCUT2D eigenvalue weighted by atomic mass is 32.2. The van der Waals surface area contributed by atoms with E-state index < -0.39 is 27.5 Å². The van der Waals surface area contributed by atoms with Crippen LogP contribution in [0.2, 0.25) is 0 Å². The number of amides is 1. The van der Waals surface area contributed by atoms with Gasteiger partial charge in [-0.25, -0.2) is 13.2 Å². The van der Waals surface area contributed by atoms with Gasteiger partial charge in [0.25, 0.3) is 0 Å². The number of benzene rings is 1. The summed E-state index contributed by atoms with van der Waals surface area (Å²) in [7, 11) is -2.33. The fourth-order valence-corrected chi connectivity index (χ4v) is 4.63. The van der Waals surface area contributed by atoms with Crippen LogP contribution in [0.5, 0.6) is 0 Å². The van der Waals surface area contributed by atoms with Crippen molar-refractivity contribution in [2.45, 2.75) is 13.8 Å². The molecule has 1 aromatic carbocycles. The number of aryl methyl sites for hydroxylation is 2. The maximum atomic E-state index is 12.4. The summed E-state index contributed by atoms with van der Waals surface area (Å²) in [5.41, 5.74) is 2.77. The van der Waals surface area contributed by atoms with Gasteiger partial charge in [0.1, 0.15) is 16.3 Å². The van der Waals surface area contributed by atoms with Crippen LogP contribution in [0.25, 0.3) is 11.1 Å². The number of thiophene rings is 1. The number of rotatable bonds is 7. The Hall–Kier alpha value is -2.45. The van der Waals surface area contributed by atoms with Crippen molar-refractivity contribution in [2.75, 3.05) is 23.9 Å². The van der Waals surface area contributed by atoms with Gasteiger partial charge in [-0.15, -0.1) is 17.9 Å². The third-order valence-corrected chi connectivity index (χ3v) is 6.26. The topological polar surface area (TPSA) is 89.5 Å². The van der Waals surface area contributed by atoms with Crippen molar-refractivity contribution in [1.82, 2.24) is 0 Å². The molecule has 0 aliphatic rings. The molecule has 1 N–H and O–H groups in total. The molecule has 0 aliphatic heterocycles. The molecule has 1 heterocycles. The highest BCUT2D eigenvalue weighted by molar-refractivity contribution is 7.92. The van der Waals surface area contributed by atoms with Crippen LogP contribution in [0, 0.1) is 13.8 Å². The van der Waals surface area contributed by atoms with Crippen molar-refractivity contribution in [3.05, 3.63) is 52.9 Å². The lowest BCUT2D eigenvalue weighted by atomic mass is 10.0. The average Bonchev–Trinajstić information content (AvgIpc) is 2.90. The molecule has 0 unspecified atom stereocenters. The Bertz CT molecular complexity index is 972. The zero-order chi connectivity index (χ0) is 20.2. The van der Waals surface area contributed by atoms with E-state index in [0.29, 0.717) is 5.56 Å². The average molecular weight is 408 g/mol. The predicted octanol–water partition coefficient (Wildman–Crippen LogP) is 3.36. The predicted molar refractivity (Wildman–Crippen MR) is 108 cm³/mol. The molecule has 144 valence electrons. The van der Waals surface area contributed by atoms with Crippen LogP contribution in [0.3, 0.4) is 0 Å². The Kier molecular flexibility index (Phi) is 6.56. The van der Waals surface area contributed by atoms with Gasteiger partial charge in [0.2, 0.25) is 5.91 Å². The largest absolute Gasteiger partial charge is 0.465 e. The fraction of sp³-hybridized carbons (Fsp3) is 0.263. The molecule has 0 aliphatic carbocycles. The summed E-state index contributed by atoms with van der Waals surface area (Å²) in [6.45, 7) is 7.16. The molecule has 0 saturated carbocycles. The smallest absolute Gasteiger partial charge is 0.341 e. The maximum Gasteiger partial charge on any atom is 0.341 e. The lowest BCUT2D eigenvalue weighted by Crippen LogP contribution is -2.24.